The first-order valence-electron chi connectivity index (χ1n) is 12.2. The van der Waals surface area contributed by atoms with E-state index >= 15 is 0 Å². The van der Waals surface area contributed by atoms with Crippen molar-refractivity contribution in [1.29, 1.82) is 0 Å². The fourth-order valence-corrected chi connectivity index (χ4v) is 5.04. The standard InChI is InChI=1S/C27H31N5O3/c1-3-32-24-9-5-4-8-23(24)30-25(27(32)34)31-14-6-7-19(17-31)26(33)28-13-12-18-16-29-22-11-10-20(35-2)15-21(18)22/h4-5,8-11,15-16,19,29H,3,6-7,12-14,17H2,1-2H3,(H,28,33)/t19-/m1/s1. The Balaban J connectivity index is 1.26. The summed E-state index contributed by atoms with van der Waals surface area (Å²) < 4.78 is 7.11. The Labute approximate surface area is 203 Å². The number of hydrogen-bond acceptors (Lipinski definition) is 5. The normalized spacial score (nSPS) is 16.1. The maximum Gasteiger partial charge on any atom is 0.293 e. The Bertz CT molecular complexity index is 1420. The number of carbonyl (C=O) groups is 1. The summed E-state index contributed by atoms with van der Waals surface area (Å²) in [4.78, 5) is 36.2. The molecule has 0 radical (unpaired) electrons. The van der Waals surface area contributed by atoms with E-state index < -0.39 is 0 Å². The largest absolute Gasteiger partial charge is 0.497 e. The van der Waals surface area contributed by atoms with E-state index in [4.69, 9.17) is 4.74 Å². The third kappa shape index (κ3) is 4.48. The van der Waals surface area contributed by atoms with E-state index in [0.717, 1.165) is 59.1 Å². The second kappa shape index (κ2) is 9.82. The van der Waals surface area contributed by atoms with Crippen molar-refractivity contribution in [1.82, 2.24) is 19.9 Å². The van der Waals surface area contributed by atoms with E-state index in [2.05, 4.69) is 15.3 Å². The second-order valence-electron chi connectivity index (χ2n) is 9.03. The molecule has 5 rings (SSSR count). The molecule has 1 fully saturated rings. The van der Waals surface area contributed by atoms with Gasteiger partial charge in [-0.05, 0) is 62.1 Å². The number of para-hydroxylation sites is 2. The molecule has 1 atom stereocenters. The molecule has 1 aliphatic rings. The minimum absolute atomic E-state index is 0.0312. The van der Waals surface area contributed by atoms with Crippen molar-refractivity contribution >= 4 is 33.7 Å². The van der Waals surface area contributed by atoms with Crippen LogP contribution in [-0.4, -0.2) is 47.2 Å². The zero-order valence-electron chi connectivity index (χ0n) is 20.2. The predicted molar refractivity (Wildman–Crippen MR) is 138 cm³/mol. The van der Waals surface area contributed by atoms with Gasteiger partial charge in [0.25, 0.3) is 5.56 Å². The molecule has 2 aromatic carbocycles. The zero-order chi connectivity index (χ0) is 24.4. The summed E-state index contributed by atoms with van der Waals surface area (Å²) in [5.74, 6) is 1.11. The van der Waals surface area contributed by atoms with E-state index in [1.807, 2.05) is 60.5 Å². The average Bonchev–Trinajstić information content (AvgIpc) is 3.30. The molecule has 1 saturated heterocycles. The summed E-state index contributed by atoms with van der Waals surface area (Å²) in [5, 5.41) is 4.22. The Hall–Kier alpha value is -3.81. The number of anilines is 1. The Kier molecular flexibility index (Phi) is 6.44. The Morgan fingerprint density at radius 2 is 2.11 bits per heavy atom. The number of amides is 1. The Morgan fingerprint density at radius 1 is 1.26 bits per heavy atom. The van der Waals surface area contributed by atoms with Crippen LogP contribution in [0.15, 0.2) is 53.5 Å². The highest BCUT2D eigenvalue weighted by Crippen LogP contribution is 2.24. The highest BCUT2D eigenvalue weighted by atomic mass is 16.5. The predicted octanol–water partition coefficient (Wildman–Crippen LogP) is 3.48. The van der Waals surface area contributed by atoms with Gasteiger partial charge < -0.3 is 24.5 Å². The van der Waals surface area contributed by atoms with Gasteiger partial charge >= 0.3 is 0 Å². The van der Waals surface area contributed by atoms with Crippen LogP contribution in [0.2, 0.25) is 0 Å². The van der Waals surface area contributed by atoms with Crippen LogP contribution in [0.3, 0.4) is 0 Å². The maximum absolute atomic E-state index is 13.2. The molecule has 0 aliphatic carbocycles. The molecule has 2 aromatic heterocycles. The number of nitrogens with zero attached hydrogens (tertiary/aromatic N) is 3. The van der Waals surface area contributed by atoms with Crippen molar-refractivity contribution in [2.45, 2.75) is 32.7 Å². The van der Waals surface area contributed by atoms with Crippen molar-refractivity contribution < 1.29 is 9.53 Å². The number of rotatable bonds is 7. The summed E-state index contributed by atoms with van der Waals surface area (Å²) in [5.41, 5.74) is 3.73. The smallest absolute Gasteiger partial charge is 0.293 e. The van der Waals surface area contributed by atoms with Gasteiger partial charge in [0.05, 0.1) is 24.1 Å². The molecule has 0 spiro atoms. The second-order valence-corrected chi connectivity index (χ2v) is 9.03. The van der Waals surface area contributed by atoms with Crippen molar-refractivity contribution in [3.05, 3.63) is 64.6 Å². The zero-order valence-corrected chi connectivity index (χ0v) is 20.2. The molecule has 0 unspecified atom stereocenters. The summed E-state index contributed by atoms with van der Waals surface area (Å²) in [6.45, 7) is 4.32. The number of aromatic nitrogens is 3. The first-order valence-corrected chi connectivity index (χ1v) is 12.2. The number of methoxy groups -OCH3 is 1. The maximum atomic E-state index is 13.2. The van der Waals surface area contributed by atoms with E-state index in [9.17, 15) is 9.59 Å². The molecular weight excluding hydrogens is 442 g/mol. The lowest BCUT2D eigenvalue weighted by molar-refractivity contribution is -0.125. The van der Waals surface area contributed by atoms with Crippen LogP contribution >= 0.6 is 0 Å². The number of fused-ring (bicyclic) bond motifs is 2. The van der Waals surface area contributed by atoms with Crippen molar-refractivity contribution in [3.8, 4) is 5.75 Å². The Morgan fingerprint density at radius 3 is 2.94 bits per heavy atom. The van der Waals surface area contributed by atoms with Gasteiger partial charge in [0.15, 0.2) is 5.82 Å². The number of piperidine rings is 1. The lowest BCUT2D eigenvalue weighted by Gasteiger charge is -2.32. The first kappa shape index (κ1) is 23.0. The topological polar surface area (TPSA) is 92.2 Å². The van der Waals surface area contributed by atoms with Crippen LogP contribution in [0.25, 0.3) is 21.9 Å². The lowest BCUT2D eigenvalue weighted by atomic mass is 9.97. The fraction of sp³-hybridized carbons (Fsp3) is 0.370. The number of carbonyl (C=O) groups excluding carboxylic acids is 1. The van der Waals surface area contributed by atoms with E-state index in [-0.39, 0.29) is 17.4 Å². The summed E-state index contributed by atoms with van der Waals surface area (Å²) in [7, 11) is 1.66. The van der Waals surface area contributed by atoms with Gasteiger partial charge in [0, 0.05) is 43.3 Å². The van der Waals surface area contributed by atoms with Crippen LogP contribution in [0.4, 0.5) is 5.82 Å². The van der Waals surface area contributed by atoms with Gasteiger partial charge in [-0.2, -0.15) is 0 Å². The van der Waals surface area contributed by atoms with Crippen LogP contribution < -0.4 is 20.5 Å². The molecule has 2 N–H and O–H groups in total. The third-order valence-corrected chi connectivity index (χ3v) is 6.91. The van der Waals surface area contributed by atoms with Gasteiger partial charge in [-0.1, -0.05) is 12.1 Å². The van der Waals surface area contributed by atoms with Crippen LogP contribution in [0, 0.1) is 5.92 Å². The molecule has 1 amide bonds. The summed E-state index contributed by atoms with van der Waals surface area (Å²) >= 11 is 0. The van der Waals surface area contributed by atoms with Crippen molar-refractivity contribution in [2.24, 2.45) is 5.92 Å². The molecule has 35 heavy (non-hydrogen) atoms. The minimum Gasteiger partial charge on any atom is -0.497 e. The van der Waals surface area contributed by atoms with Crippen molar-refractivity contribution in [2.75, 3.05) is 31.6 Å². The molecule has 0 saturated carbocycles. The van der Waals surface area contributed by atoms with Crippen molar-refractivity contribution in [3.63, 3.8) is 0 Å². The van der Waals surface area contributed by atoms with E-state index in [1.54, 1.807) is 11.7 Å². The van der Waals surface area contributed by atoms with Gasteiger partial charge in [0.1, 0.15) is 5.75 Å². The van der Waals surface area contributed by atoms with Gasteiger partial charge in [-0.15, -0.1) is 0 Å². The molecule has 1 aliphatic heterocycles. The highest BCUT2D eigenvalue weighted by Gasteiger charge is 2.28. The van der Waals surface area contributed by atoms with Crippen LogP contribution in [0.1, 0.15) is 25.3 Å². The number of benzene rings is 2. The van der Waals surface area contributed by atoms with Crippen LogP contribution in [-0.2, 0) is 17.8 Å². The SMILES string of the molecule is CCn1c(=O)c(N2CCC[C@@H](C(=O)NCCc3c[nH]c4ccc(OC)cc34)C2)nc2ccccc21. The molecule has 3 heterocycles. The first-order chi connectivity index (χ1) is 17.1. The number of aryl methyl sites for hydroxylation is 1. The molecule has 8 nitrogen and oxygen atoms in total. The molecule has 8 heteroatoms. The number of aromatic amines is 1. The minimum atomic E-state index is -0.172. The molecule has 0 bridgehead atoms. The monoisotopic (exact) mass is 473 g/mol. The number of hydrogen-bond donors (Lipinski definition) is 2. The lowest BCUT2D eigenvalue weighted by Crippen LogP contribution is -2.46. The number of nitrogens with one attached hydrogen (secondary N) is 2. The average molecular weight is 474 g/mol. The van der Waals surface area contributed by atoms with E-state index in [1.165, 1.54) is 0 Å². The number of H-pyrrole nitrogens is 1. The van der Waals surface area contributed by atoms with Gasteiger partial charge in [-0.3, -0.25) is 9.59 Å². The quantitative estimate of drug-likeness (QED) is 0.429. The fourth-order valence-electron chi connectivity index (χ4n) is 5.04. The summed E-state index contributed by atoms with van der Waals surface area (Å²) in [6.07, 6.45) is 4.37. The molecule has 4 aromatic rings. The van der Waals surface area contributed by atoms with E-state index in [0.29, 0.717) is 25.5 Å². The molecule has 182 valence electrons. The summed E-state index contributed by atoms with van der Waals surface area (Å²) in [6, 6.07) is 13.6. The van der Waals surface area contributed by atoms with Gasteiger partial charge in [-0.25, -0.2) is 4.98 Å². The third-order valence-electron chi connectivity index (χ3n) is 6.91. The van der Waals surface area contributed by atoms with Gasteiger partial charge in [0.2, 0.25) is 5.91 Å². The highest BCUT2D eigenvalue weighted by molar-refractivity contribution is 5.85. The number of ether oxygens (including phenoxy) is 1. The molecular formula is C27H31N5O3. The van der Waals surface area contributed by atoms with Crippen LogP contribution in [0.5, 0.6) is 5.75 Å².